The van der Waals surface area contributed by atoms with E-state index in [-0.39, 0.29) is 18.4 Å². The number of rotatable bonds is 10. The van der Waals surface area contributed by atoms with Crippen molar-refractivity contribution < 1.29 is 29.0 Å². The van der Waals surface area contributed by atoms with E-state index in [0.29, 0.717) is 6.42 Å². The maximum atomic E-state index is 12.8. The van der Waals surface area contributed by atoms with Crippen molar-refractivity contribution in [3.63, 3.8) is 0 Å². The second kappa shape index (κ2) is 11.2. The molecule has 2 unspecified atom stereocenters. The average molecular weight is 469 g/mol. The second-order valence-corrected chi connectivity index (χ2v) is 8.92. The van der Waals surface area contributed by atoms with Gasteiger partial charge in [0, 0.05) is 13.0 Å². The average Bonchev–Trinajstić information content (AvgIpc) is 3.13. The molecule has 0 spiro atoms. The van der Waals surface area contributed by atoms with Crippen LogP contribution < -0.4 is 10.6 Å². The number of carboxylic acids is 1. The highest BCUT2D eigenvalue weighted by Gasteiger charge is 2.32. The Hall–Kier alpha value is -3.39. The molecule has 0 aliphatic heterocycles. The Balaban J connectivity index is 1.67. The Kier molecular flexibility index (Phi) is 8.28. The highest BCUT2D eigenvalue weighted by molar-refractivity contribution is 5.89. The van der Waals surface area contributed by atoms with E-state index in [1.54, 1.807) is 6.92 Å². The molecular weight excluding hydrogens is 436 g/mol. The molecule has 1 aliphatic carbocycles. The van der Waals surface area contributed by atoms with E-state index in [1.807, 2.05) is 50.2 Å². The minimum absolute atomic E-state index is 0.0766. The lowest BCUT2D eigenvalue weighted by Crippen LogP contribution is -2.55. The van der Waals surface area contributed by atoms with Gasteiger partial charge < -0.3 is 25.2 Å². The number of carbonyl (C=O) groups excluding carboxylic acids is 2. The molecule has 8 nitrogen and oxygen atoms in total. The minimum atomic E-state index is -1.24. The van der Waals surface area contributed by atoms with Crippen molar-refractivity contribution in [1.29, 1.82) is 0 Å². The Morgan fingerprint density at radius 1 is 0.941 bits per heavy atom. The van der Waals surface area contributed by atoms with Crippen molar-refractivity contribution >= 4 is 18.0 Å². The van der Waals surface area contributed by atoms with Crippen LogP contribution in [0.3, 0.4) is 0 Å². The lowest BCUT2D eigenvalue weighted by molar-refractivity contribution is -0.145. The normalized spacial score (nSPS) is 15.1. The summed E-state index contributed by atoms with van der Waals surface area (Å²) >= 11 is 0. The number of methoxy groups -OCH3 is 1. The molecule has 8 heteroatoms. The van der Waals surface area contributed by atoms with Gasteiger partial charge in [-0.05, 0) is 41.5 Å². The zero-order valence-electron chi connectivity index (χ0n) is 19.9. The molecule has 0 aromatic heterocycles. The molecule has 3 rings (SSSR count). The van der Waals surface area contributed by atoms with Crippen LogP contribution in [0.5, 0.6) is 0 Å². The van der Waals surface area contributed by atoms with E-state index < -0.39 is 36.2 Å². The van der Waals surface area contributed by atoms with E-state index in [1.165, 1.54) is 7.11 Å². The number of fused-ring (bicyclic) bond motifs is 3. The van der Waals surface area contributed by atoms with Crippen molar-refractivity contribution in [3.05, 3.63) is 59.7 Å². The first kappa shape index (κ1) is 25.2. The molecule has 1 aliphatic rings. The fourth-order valence-electron chi connectivity index (χ4n) is 4.26. The molecule has 0 heterocycles. The first-order chi connectivity index (χ1) is 16.2. The number of benzene rings is 2. The number of aliphatic carboxylic acids is 1. The number of alkyl carbamates (subject to hydrolysis) is 1. The van der Waals surface area contributed by atoms with Crippen LogP contribution in [-0.2, 0) is 19.1 Å². The van der Waals surface area contributed by atoms with Crippen molar-refractivity contribution in [1.82, 2.24) is 10.6 Å². The lowest BCUT2D eigenvalue weighted by atomic mass is 9.98. The van der Waals surface area contributed by atoms with Crippen molar-refractivity contribution in [2.75, 3.05) is 13.7 Å². The Bertz CT molecular complexity index is 992. The number of ether oxygens (including phenoxy) is 2. The number of amides is 2. The van der Waals surface area contributed by atoms with Gasteiger partial charge in [-0.3, -0.25) is 4.79 Å². The largest absolute Gasteiger partial charge is 0.480 e. The minimum Gasteiger partial charge on any atom is -0.480 e. The van der Waals surface area contributed by atoms with Crippen LogP contribution >= 0.6 is 0 Å². The third-order valence-corrected chi connectivity index (χ3v) is 6.06. The van der Waals surface area contributed by atoms with Crippen LogP contribution in [0.1, 0.15) is 44.2 Å². The molecule has 2 aromatic rings. The van der Waals surface area contributed by atoms with Crippen LogP contribution in [-0.4, -0.2) is 55.0 Å². The number of hydrogen-bond donors (Lipinski definition) is 3. The van der Waals surface area contributed by atoms with Crippen molar-refractivity contribution in [2.45, 2.75) is 51.3 Å². The van der Waals surface area contributed by atoms with Gasteiger partial charge in [0.25, 0.3) is 0 Å². The number of hydrogen-bond acceptors (Lipinski definition) is 5. The van der Waals surface area contributed by atoms with Crippen LogP contribution in [0.15, 0.2) is 48.5 Å². The summed E-state index contributed by atoms with van der Waals surface area (Å²) in [5.41, 5.74) is 4.42. The zero-order valence-corrected chi connectivity index (χ0v) is 19.9. The molecule has 2 aromatic carbocycles. The highest BCUT2D eigenvalue weighted by Crippen LogP contribution is 2.44. The standard InChI is InChI=1S/C26H32N2O6/c1-15(2)13-22(24(29)28-23(25(30)31)16(3)33-4)27-26(32)34-14-21-19-11-7-5-9-17(19)18-10-6-8-12-20(18)21/h5-12,15-16,21-23H,13-14H2,1-4H3,(H,27,32)(H,28,29)(H,30,31)/t16?,22-,23?/m0/s1. The predicted octanol–water partition coefficient (Wildman–Crippen LogP) is 3.54. The van der Waals surface area contributed by atoms with Crippen molar-refractivity contribution in [3.8, 4) is 11.1 Å². The zero-order chi connectivity index (χ0) is 24.8. The summed E-state index contributed by atoms with van der Waals surface area (Å²) in [6.07, 6.45) is -1.14. The van der Waals surface area contributed by atoms with E-state index in [4.69, 9.17) is 9.47 Å². The summed E-state index contributed by atoms with van der Waals surface area (Å²) in [5.74, 6) is -1.84. The summed E-state index contributed by atoms with van der Waals surface area (Å²) in [7, 11) is 1.37. The van der Waals surface area contributed by atoms with E-state index in [2.05, 4.69) is 22.8 Å². The first-order valence-electron chi connectivity index (χ1n) is 11.4. The lowest BCUT2D eigenvalue weighted by Gasteiger charge is -2.25. The molecule has 3 atom stereocenters. The summed E-state index contributed by atoms with van der Waals surface area (Å²) in [6, 6.07) is 13.9. The summed E-state index contributed by atoms with van der Waals surface area (Å²) in [6.45, 7) is 5.49. The molecule has 0 radical (unpaired) electrons. The highest BCUT2D eigenvalue weighted by atomic mass is 16.5. The smallest absolute Gasteiger partial charge is 0.407 e. The number of carboxylic acid groups (broad SMARTS) is 1. The van der Waals surface area contributed by atoms with Crippen LogP contribution in [0.25, 0.3) is 11.1 Å². The molecule has 0 bridgehead atoms. The van der Waals surface area contributed by atoms with Crippen LogP contribution in [0.4, 0.5) is 4.79 Å². The summed E-state index contributed by atoms with van der Waals surface area (Å²) < 4.78 is 10.6. The van der Waals surface area contributed by atoms with Crippen molar-refractivity contribution in [2.24, 2.45) is 5.92 Å². The molecule has 0 saturated heterocycles. The SMILES string of the molecule is COC(C)C(NC(=O)[C@H](CC(C)C)NC(=O)OCC1c2ccccc2-c2ccccc21)C(=O)O. The van der Waals surface area contributed by atoms with Crippen LogP contribution in [0.2, 0.25) is 0 Å². The molecule has 3 N–H and O–H groups in total. The van der Waals surface area contributed by atoms with Gasteiger partial charge in [0.15, 0.2) is 6.04 Å². The van der Waals surface area contributed by atoms with E-state index in [0.717, 1.165) is 22.3 Å². The molecule has 182 valence electrons. The van der Waals surface area contributed by atoms with E-state index in [9.17, 15) is 19.5 Å². The topological polar surface area (TPSA) is 114 Å². The van der Waals surface area contributed by atoms with Gasteiger partial charge in [0.1, 0.15) is 12.6 Å². The second-order valence-electron chi connectivity index (χ2n) is 8.92. The third-order valence-electron chi connectivity index (χ3n) is 6.06. The molecule has 2 amide bonds. The van der Waals surface area contributed by atoms with Gasteiger partial charge in [-0.15, -0.1) is 0 Å². The van der Waals surface area contributed by atoms with E-state index >= 15 is 0 Å². The van der Waals surface area contributed by atoms with Gasteiger partial charge in [-0.2, -0.15) is 0 Å². The monoisotopic (exact) mass is 468 g/mol. The molecule has 0 saturated carbocycles. The fourth-order valence-corrected chi connectivity index (χ4v) is 4.26. The van der Waals surface area contributed by atoms with Crippen LogP contribution in [0, 0.1) is 5.92 Å². The number of carbonyl (C=O) groups is 3. The quantitative estimate of drug-likeness (QED) is 0.491. The maximum Gasteiger partial charge on any atom is 0.407 e. The predicted molar refractivity (Wildman–Crippen MR) is 127 cm³/mol. The Morgan fingerprint density at radius 3 is 2.00 bits per heavy atom. The number of nitrogens with one attached hydrogen (secondary N) is 2. The van der Waals surface area contributed by atoms with Gasteiger partial charge in [0.2, 0.25) is 5.91 Å². The van der Waals surface area contributed by atoms with Gasteiger partial charge in [-0.1, -0.05) is 62.4 Å². The maximum absolute atomic E-state index is 12.8. The summed E-state index contributed by atoms with van der Waals surface area (Å²) in [4.78, 5) is 37.1. The Morgan fingerprint density at radius 2 is 1.50 bits per heavy atom. The Labute approximate surface area is 199 Å². The molecular formula is C26H32N2O6. The third kappa shape index (κ3) is 5.75. The molecule has 34 heavy (non-hydrogen) atoms. The fraction of sp³-hybridized carbons (Fsp3) is 0.423. The first-order valence-corrected chi connectivity index (χ1v) is 11.4. The summed E-state index contributed by atoms with van der Waals surface area (Å²) in [5, 5.41) is 14.5. The van der Waals surface area contributed by atoms with Gasteiger partial charge >= 0.3 is 12.1 Å². The molecule has 0 fully saturated rings. The van der Waals surface area contributed by atoms with Gasteiger partial charge in [0.05, 0.1) is 6.10 Å². The van der Waals surface area contributed by atoms with Gasteiger partial charge in [-0.25, -0.2) is 9.59 Å².